The molecule has 3 aromatic rings. The van der Waals surface area contributed by atoms with Gasteiger partial charge in [0.15, 0.2) is 0 Å². The highest BCUT2D eigenvalue weighted by Crippen LogP contribution is 2.19. The third-order valence-corrected chi connectivity index (χ3v) is 5.71. The molecule has 7 nitrogen and oxygen atoms in total. The number of fused-ring (bicyclic) bond motifs is 1. The lowest BCUT2D eigenvalue weighted by Gasteiger charge is -2.29. The maximum absolute atomic E-state index is 12.5. The second kappa shape index (κ2) is 10.6. The Bertz CT molecular complexity index is 1050. The molecule has 4 rings (SSSR count). The predicted octanol–water partition coefficient (Wildman–Crippen LogP) is 3.10. The Morgan fingerprint density at radius 1 is 1.00 bits per heavy atom. The molecule has 0 saturated carbocycles. The molecule has 0 fully saturated rings. The van der Waals surface area contributed by atoms with E-state index in [9.17, 15) is 9.59 Å². The van der Waals surface area contributed by atoms with Crippen LogP contribution in [0.15, 0.2) is 67.3 Å². The fraction of sp³-hybridized carbons (Fsp3) is 0.320. The van der Waals surface area contributed by atoms with Gasteiger partial charge in [0.1, 0.15) is 0 Å². The van der Waals surface area contributed by atoms with Gasteiger partial charge in [-0.1, -0.05) is 48.5 Å². The van der Waals surface area contributed by atoms with Crippen molar-refractivity contribution in [1.29, 1.82) is 0 Å². The summed E-state index contributed by atoms with van der Waals surface area (Å²) in [5, 5.41) is 5.73. The summed E-state index contributed by atoms with van der Waals surface area (Å²) in [4.78, 5) is 30.6. The number of carbonyl (C=O) groups is 2. The van der Waals surface area contributed by atoms with Gasteiger partial charge in [0.05, 0.1) is 6.33 Å². The van der Waals surface area contributed by atoms with Gasteiger partial charge in [-0.2, -0.15) is 0 Å². The molecule has 7 heteroatoms. The monoisotopic (exact) mass is 431 g/mol. The minimum Gasteiger partial charge on any atom is -0.338 e. The molecule has 0 spiro atoms. The normalized spacial score (nSPS) is 12.8. The second-order valence-electron chi connectivity index (χ2n) is 8.10. The Balaban J connectivity index is 1.13. The van der Waals surface area contributed by atoms with Gasteiger partial charge < -0.3 is 20.1 Å². The zero-order valence-corrected chi connectivity index (χ0v) is 18.2. The summed E-state index contributed by atoms with van der Waals surface area (Å²) >= 11 is 0. The molecule has 0 aliphatic carbocycles. The predicted molar refractivity (Wildman–Crippen MR) is 123 cm³/mol. The van der Waals surface area contributed by atoms with Gasteiger partial charge in [0.25, 0.3) is 0 Å². The summed E-state index contributed by atoms with van der Waals surface area (Å²) < 4.78 is 2.00. The maximum Gasteiger partial charge on any atom is 0.315 e. The van der Waals surface area contributed by atoms with Crippen molar-refractivity contribution in [3.63, 3.8) is 0 Å². The first-order valence-corrected chi connectivity index (χ1v) is 11.1. The highest BCUT2D eigenvalue weighted by Gasteiger charge is 2.19. The Hall–Kier alpha value is -3.61. The van der Waals surface area contributed by atoms with Gasteiger partial charge in [0, 0.05) is 51.5 Å². The van der Waals surface area contributed by atoms with Crippen molar-refractivity contribution in [2.45, 2.75) is 38.9 Å². The van der Waals surface area contributed by atoms with Crippen molar-refractivity contribution in [2.75, 3.05) is 13.1 Å². The summed E-state index contributed by atoms with van der Waals surface area (Å²) in [6.07, 6.45) is 7.45. The van der Waals surface area contributed by atoms with E-state index in [-0.39, 0.29) is 11.9 Å². The Labute approximate surface area is 188 Å². The van der Waals surface area contributed by atoms with Crippen LogP contribution in [0.2, 0.25) is 0 Å². The molecule has 0 bridgehead atoms. The summed E-state index contributed by atoms with van der Waals surface area (Å²) in [5.41, 5.74) is 4.76. The zero-order valence-electron chi connectivity index (χ0n) is 18.2. The van der Waals surface area contributed by atoms with E-state index in [1.807, 2.05) is 39.9 Å². The summed E-state index contributed by atoms with van der Waals surface area (Å²) in [5.74, 6) is 0.149. The molecular formula is C25H29N5O2. The smallest absolute Gasteiger partial charge is 0.315 e. The first-order chi connectivity index (χ1) is 15.7. The SMILES string of the molecule is O=C(NCCCC(=O)N1CCc2ccccc2C1)NCc1cccc(Cn2ccnc2)c1. The van der Waals surface area contributed by atoms with E-state index < -0.39 is 0 Å². The van der Waals surface area contributed by atoms with Crippen molar-refractivity contribution in [2.24, 2.45) is 0 Å². The minimum absolute atomic E-state index is 0.149. The lowest BCUT2D eigenvalue weighted by Crippen LogP contribution is -2.37. The number of imidazole rings is 1. The molecule has 3 amide bonds. The first kappa shape index (κ1) is 21.6. The van der Waals surface area contributed by atoms with Gasteiger partial charge in [-0.15, -0.1) is 0 Å². The van der Waals surface area contributed by atoms with Crippen molar-refractivity contribution >= 4 is 11.9 Å². The van der Waals surface area contributed by atoms with Crippen LogP contribution in [0.25, 0.3) is 0 Å². The van der Waals surface area contributed by atoms with E-state index in [1.54, 1.807) is 12.5 Å². The number of urea groups is 1. The average Bonchev–Trinajstić information content (AvgIpc) is 3.33. The van der Waals surface area contributed by atoms with Crippen molar-refractivity contribution in [3.8, 4) is 0 Å². The van der Waals surface area contributed by atoms with Crippen LogP contribution in [-0.4, -0.2) is 39.5 Å². The van der Waals surface area contributed by atoms with Gasteiger partial charge in [-0.25, -0.2) is 9.78 Å². The Morgan fingerprint density at radius 2 is 1.84 bits per heavy atom. The fourth-order valence-electron chi connectivity index (χ4n) is 3.98. The van der Waals surface area contributed by atoms with Crippen LogP contribution in [0.4, 0.5) is 4.79 Å². The largest absolute Gasteiger partial charge is 0.338 e. The number of rotatable bonds is 8. The molecule has 1 aliphatic rings. The zero-order chi connectivity index (χ0) is 22.2. The Morgan fingerprint density at radius 3 is 2.69 bits per heavy atom. The number of amides is 3. The molecular weight excluding hydrogens is 402 g/mol. The molecule has 2 heterocycles. The van der Waals surface area contributed by atoms with Crippen LogP contribution >= 0.6 is 0 Å². The summed E-state index contributed by atoms with van der Waals surface area (Å²) in [6, 6.07) is 16.2. The number of carbonyl (C=O) groups excluding carboxylic acids is 2. The van der Waals surface area contributed by atoms with Crippen molar-refractivity contribution < 1.29 is 9.59 Å². The van der Waals surface area contributed by atoms with Gasteiger partial charge in [-0.3, -0.25) is 4.79 Å². The molecule has 1 aliphatic heterocycles. The van der Waals surface area contributed by atoms with Gasteiger partial charge in [0.2, 0.25) is 5.91 Å². The van der Waals surface area contributed by atoms with E-state index >= 15 is 0 Å². The van der Waals surface area contributed by atoms with Gasteiger partial charge in [-0.05, 0) is 35.1 Å². The fourth-order valence-corrected chi connectivity index (χ4v) is 3.98. The van der Waals surface area contributed by atoms with E-state index in [2.05, 4.69) is 39.9 Å². The lowest BCUT2D eigenvalue weighted by molar-refractivity contribution is -0.132. The summed E-state index contributed by atoms with van der Waals surface area (Å²) in [6.45, 7) is 3.13. The molecule has 0 unspecified atom stereocenters. The Kier molecular flexibility index (Phi) is 7.17. The molecule has 1 aromatic heterocycles. The third-order valence-electron chi connectivity index (χ3n) is 5.71. The highest BCUT2D eigenvalue weighted by atomic mass is 16.2. The highest BCUT2D eigenvalue weighted by molar-refractivity contribution is 5.77. The van der Waals surface area contributed by atoms with Crippen molar-refractivity contribution in [1.82, 2.24) is 25.1 Å². The van der Waals surface area contributed by atoms with Gasteiger partial charge >= 0.3 is 6.03 Å². The van der Waals surface area contributed by atoms with E-state index in [0.29, 0.717) is 32.5 Å². The van der Waals surface area contributed by atoms with Crippen molar-refractivity contribution in [3.05, 3.63) is 89.5 Å². The molecule has 32 heavy (non-hydrogen) atoms. The second-order valence-corrected chi connectivity index (χ2v) is 8.10. The van der Waals surface area contributed by atoms with Crippen LogP contribution in [0.1, 0.15) is 35.1 Å². The molecule has 0 atom stereocenters. The number of nitrogens with zero attached hydrogens (tertiary/aromatic N) is 3. The maximum atomic E-state index is 12.5. The standard InChI is InChI=1S/C25H29N5O2/c31-24(30-13-10-22-7-1-2-8-23(22)18-30)9-4-11-27-25(32)28-16-20-5-3-6-21(15-20)17-29-14-12-26-19-29/h1-3,5-8,12,14-15,19H,4,9-11,13,16-18H2,(H2,27,28,32). The van der Waals surface area contributed by atoms with Crippen LogP contribution in [-0.2, 0) is 30.8 Å². The molecule has 166 valence electrons. The number of nitrogens with one attached hydrogen (secondary N) is 2. The average molecular weight is 432 g/mol. The number of hydrogen-bond donors (Lipinski definition) is 2. The van der Waals surface area contributed by atoms with E-state index in [0.717, 1.165) is 30.6 Å². The topological polar surface area (TPSA) is 79.3 Å². The molecule has 2 N–H and O–H groups in total. The molecule has 0 radical (unpaired) electrons. The lowest BCUT2D eigenvalue weighted by atomic mass is 9.99. The number of aromatic nitrogens is 2. The number of benzene rings is 2. The summed E-state index contributed by atoms with van der Waals surface area (Å²) in [7, 11) is 0. The van der Waals surface area contributed by atoms with Crippen LogP contribution < -0.4 is 10.6 Å². The first-order valence-electron chi connectivity index (χ1n) is 11.1. The quantitative estimate of drug-likeness (QED) is 0.538. The number of hydrogen-bond acceptors (Lipinski definition) is 3. The minimum atomic E-state index is -0.218. The van der Waals surface area contributed by atoms with Crippen LogP contribution in [0.5, 0.6) is 0 Å². The van der Waals surface area contributed by atoms with E-state index in [1.165, 1.54) is 11.1 Å². The van der Waals surface area contributed by atoms with Crippen LogP contribution in [0, 0.1) is 0 Å². The molecule has 2 aromatic carbocycles. The van der Waals surface area contributed by atoms with Crippen LogP contribution in [0.3, 0.4) is 0 Å². The van der Waals surface area contributed by atoms with E-state index in [4.69, 9.17) is 0 Å². The third kappa shape index (κ3) is 5.97. The molecule has 0 saturated heterocycles.